The van der Waals surface area contributed by atoms with Crippen molar-refractivity contribution in [2.45, 2.75) is 13.8 Å². The summed E-state index contributed by atoms with van der Waals surface area (Å²) >= 11 is 0. The van der Waals surface area contributed by atoms with E-state index in [9.17, 15) is 19.7 Å². The van der Waals surface area contributed by atoms with E-state index in [0.717, 1.165) is 0 Å². The first kappa shape index (κ1) is 18.5. The smallest absolute Gasteiger partial charge is 0.294 e. The quantitative estimate of drug-likeness (QED) is 0.547. The summed E-state index contributed by atoms with van der Waals surface area (Å²) in [5.74, 6) is -0.277. The lowest BCUT2D eigenvalue weighted by Gasteiger charge is -2.28. The first-order valence-corrected chi connectivity index (χ1v) is 7.64. The van der Waals surface area contributed by atoms with E-state index in [4.69, 9.17) is 9.57 Å². The molecule has 2 rings (SSSR count). The highest BCUT2D eigenvalue weighted by Crippen LogP contribution is 2.26. The minimum absolute atomic E-state index is 0.00677. The summed E-state index contributed by atoms with van der Waals surface area (Å²) < 4.78 is 5.43. The number of carbonyl (C=O) groups excluding carboxylic acids is 2. The van der Waals surface area contributed by atoms with Gasteiger partial charge in [0.15, 0.2) is 6.73 Å². The lowest BCUT2D eigenvalue weighted by molar-refractivity contribution is -0.757. The molecule has 0 unspecified atom stereocenters. The highest BCUT2D eigenvalue weighted by molar-refractivity contribution is 6.01. The maximum atomic E-state index is 12.4. The number of carbonyl (C=O) groups is 2. The highest BCUT2D eigenvalue weighted by Gasteiger charge is 2.26. The molecule has 1 N–H and O–H groups in total. The van der Waals surface area contributed by atoms with Crippen LogP contribution in [0.5, 0.6) is 5.75 Å². The molecule has 0 saturated carbocycles. The summed E-state index contributed by atoms with van der Waals surface area (Å²) in [5.41, 5.74) is 2.75. The second-order valence-corrected chi connectivity index (χ2v) is 5.75. The predicted octanol–water partition coefficient (Wildman–Crippen LogP) is 1.00. The van der Waals surface area contributed by atoms with Gasteiger partial charge in [-0.25, -0.2) is 5.48 Å². The molecule has 0 atom stereocenters. The fourth-order valence-corrected chi connectivity index (χ4v) is 2.07. The maximum Gasteiger partial charge on any atom is 0.294 e. The monoisotopic (exact) mass is 353 g/mol. The normalized spacial score (nSPS) is 13.2. The van der Waals surface area contributed by atoms with Crippen molar-refractivity contribution in [2.75, 3.05) is 26.5 Å². The standard InChI is InChI=1S/C15H19N3O7/c1-10(2)8-24-16-14(19)11-3-4-13-12(7-11)15(20)17(9-23-13)5-6-25-18(21)22/h3-4,7,10H,5-6,8-9H2,1-2H3,(H,16,19). The second kappa shape index (κ2) is 8.29. The molecule has 0 fully saturated rings. The lowest BCUT2D eigenvalue weighted by Crippen LogP contribution is -2.41. The van der Waals surface area contributed by atoms with Crippen LogP contribution in [0.4, 0.5) is 0 Å². The number of benzene rings is 1. The topological polar surface area (TPSA) is 120 Å². The van der Waals surface area contributed by atoms with Gasteiger partial charge in [0.1, 0.15) is 12.4 Å². The molecule has 1 aromatic rings. The van der Waals surface area contributed by atoms with E-state index in [1.807, 2.05) is 13.8 Å². The van der Waals surface area contributed by atoms with Crippen molar-refractivity contribution in [1.29, 1.82) is 0 Å². The van der Waals surface area contributed by atoms with Crippen LogP contribution in [0.15, 0.2) is 18.2 Å². The van der Waals surface area contributed by atoms with Crippen molar-refractivity contribution in [2.24, 2.45) is 5.92 Å². The minimum Gasteiger partial charge on any atom is -0.472 e. The van der Waals surface area contributed by atoms with E-state index in [-0.39, 0.29) is 36.9 Å². The summed E-state index contributed by atoms with van der Waals surface area (Å²) in [6.45, 7) is 3.93. The highest BCUT2D eigenvalue weighted by atomic mass is 16.9. The van der Waals surface area contributed by atoms with Crippen LogP contribution in [-0.2, 0) is 9.68 Å². The van der Waals surface area contributed by atoms with Crippen molar-refractivity contribution < 1.29 is 29.1 Å². The van der Waals surface area contributed by atoms with Gasteiger partial charge in [0, 0.05) is 12.1 Å². The summed E-state index contributed by atoms with van der Waals surface area (Å²) in [5, 5.41) is 9.23. The molecular formula is C15H19N3O7. The largest absolute Gasteiger partial charge is 0.472 e. The number of amides is 2. The van der Waals surface area contributed by atoms with Gasteiger partial charge < -0.3 is 14.5 Å². The van der Waals surface area contributed by atoms with E-state index in [1.54, 1.807) is 0 Å². The molecule has 0 radical (unpaired) electrons. The number of nitrogens with zero attached hydrogens (tertiary/aromatic N) is 2. The molecule has 10 nitrogen and oxygen atoms in total. The minimum atomic E-state index is -0.928. The summed E-state index contributed by atoms with van der Waals surface area (Å²) in [6, 6.07) is 4.44. The van der Waals surface area contributed by atoms with Crippen molar-refractivity contribution in [1.82, 2.24) is 10.4 Å². The Bertz CT molecular complexity index is 663. The molecule has 0 saturated heterocycles. The van der Waals surface area contributed by atoms with Gasteiger partial charge in [0.05, 0.1) is 12.2 Å². The zero-order chi connectivity index (χ0) is 18.4. The van der Waals surface area contributed by atoms with E-state index in [2.05, 4.69) is 10.3 Å². The number of fused-ring (bicyclic) bond motifs is 1. The number of nitrogens with one attached hydrogen (secondary N) is 1. The van der Waals surface area contributed by atoms with E-state index >= 15 is 0 Å². The molecule has 1 aliphatic heterocycles. The number of ether oxygens (including phenoxy) is 1. The van der Waals surface area contributed by atoms with Crippen LogP contribution in [0.2, 0.25) is 0 Å². The first-order chi connectivity index (χ1) is 11.9. The number of hydroxylamine groups is 1. The Morgan fingerprint density at radius 3 is 2.92 bits per heavy atom. The Balaban J connectivity index is 2.03. The summed E-state index contributed by atoms with van der Waals surface area (Å²) in [6.07, 6.45) is 0. The van der Waals surface area contributed by atoms with E-state index < -0.39 is 16.9 Å². The summed E-state index contributed by atoms with van der Waals surface area (Å²) in [4.78, 5) is 45.2. The zero-order valence-corrected chi connectivity index (χ0v) is 13.9. The van der Waals surface area contributed by atoms with Crippen molar-refractivity contribution in [3.8, 4) is 5.75 Å². The maximum absolute atomic E-state index is 12.4. The van der Waals surface area contributed by atoms with Gasteiger partial charge in [-0.3, -0.25) is 14.4 Å². The molecule has 1 aromatic carbocycles. The van der Waals surface area contributed by atoms with Crippen LogP contribution in [0.25, 0.3) is 0 Å². The average molecular weight is 353 g/mol. The van der Waals surface area contributed by atoms with Gasteiger partial charge in [-0.1, -0.05) is 13.8 Å². The van der Waals surface area contributed by atoms with Crippen LogP contribution in [0.3, 0.4) is 0 Å². The third-order valence-corrected chi connectivity index (χ3v) is 3.27. The Labute approximate surface area is 143 Å². The third-order valence-electron chi connectivity index (χ3n) is 3.27. The Hall–Kier alpha value is -2.88. The van der Waals surface area contributed by atoms with Gasteiger partial charge in [0.2, 0.25) is 0 Å². The molecule has 2 amide bonds. The molecule has 1 aliphatic rings. The van der Waals surface area contributed by atoms with Gasteiger partial charge in [-0.05, 0) is 24.1 Å². The summed E-state index contributed by atoms with van der Waals surface area (Å²) in [7, 11) is 0. The van der Waals surface area contributed by atoms with Crippen LogP contribution in [-0.4, -0.2) is 48.3 Å². The van der Waals surface area contributed by atoms with Crippen LogP contribution >= 0.6 is 0 Å². The Kier molecular flexibility index (Phi) is 6.12. The molecule has 1 heterocycles. The van der Waals surface area contributed by atoms with Gasteiger partial charge in [-0.2, -0.15) is 0 Å². The fraction of sp³-hybridized carbons (Fsp3) is 0.467. The van der Waals surface area contributed by atoms with Crippen molar-refractivity contribution in [3.63, 3.8) is 0 Å². The number of hydrogen-bond acceptors (Lipinski definition) is 7. The first-order valence-electron chi connectivity index (χ1n) is 7.64. The molecule has 136 valence electrons. The molecule has 0 bridgehead atoms. The average Bonchev–Trinajstić information content (AvgIpc) is 2.56. The van der Waals surface area contributed by atoms with Crippen LogP contribution < -0.4 is 10.2 Å². The van der Waals surface area contributed by atoms with Crippen molar-refractivity contribution >= 4 is 11.8 Å². The third kappa shape index (κ3) is 5.05. The molecular weight excluding hydrogens is 334 g/mol. The zero-order valence-electron chi connectivity index (χ0n) is 13.9. The molecule has 10 heteroatoms. The van der Waals surface area contributed by atoms with E-state index in [0.29, 0.717) is 12.4 Å². The SMILES string of the molecule is CC(C)CONC(=O)c1ccc2c(c1)C(=O)N(CCO[N+](=O)[O-])CO2. The van der Waals surface area contributed by atoms with E-state index in [1.165, 1.54) is 23.1 Å². The lowest BCUT2D eigenvalue weighted by atomic mass is 10.1. The molecule has 0 aromatic heterocycles. The van der Waals surface area contributed by atoms with Crippen LogP contribution in [0, 0.1) is 16.0 Å². The molecule has 0 spiro atoms. The van der Waals surface area contributed by atoms with Crippen molar-refractivity contribution in [3.05, 3.63) is 39.4 Å². The van der Waals surface area contributed by atoms with Gasteiger partial charge in [0.25, 0.3) is 16.9 Å². The number of rotatable bonds is 8. The fourth-order valence-electron chi connectivity index (χ4n) is 2.07. The molecule has 0 aliphatic carbocycles. The second-order valence-electron chi connectivity index (χ2n) is 5.75. The Morgan fingerprint density at radius 1 is 1.48 bits per heavy atom. The van der Waals surface area contributed by atoms with Crippen LogP contribution in [0.1, 0.15) is 34.6 Å². The number of hydrogen-bond donors (Lipinski definition) is 1. The van der Waals surface area contributed by atoms with Gasteiger partial charge in [-0.15, -0.1) is 10.1 Å². The molecule has 25 heavy (non-hydrogen) atoms. The Morgan fingerprint density at radius 2 is 2.24 bits per heavy atom. The predicted molar refractivity (Wildman–Crippen MR) is 84.2 cm³/mol. The van der Waals surface area contributed by atoms with Gasteiger partial charge >= 0.3 is 0 Å².